The molecule has 0 atom stereocenters. The smallest absolute Gasteiger partial charge is 0.0337 e. The standard InChI is InChI=1S/C15H18BrNS2/c1-2-7-17-10-12-4-3-5-13(9-12)19-11-15-14(16)6-8-18-15/h3-6,8-9,17H,2,7,10-11H2,1H3. The Kier molecular flexibility index (Phi) is 6.44. The lowest BCUT2D eigenvalue weighted by atomic mass is 10.2. The van der Waals surface area contributed by atoms with Crippen LogP contribution in [0.5, 0.6) is 0 Å². The molecule has 2 aromatic rings. The van der Waals surface area contributed by atoms with Gasteiger partial charge < -0.3 is 5.32 Å². The molecule has 0 amide bonds. The van der Waals surface area contributed by atoms with Crippen molar-refractivity contribution >= 4 is 39.0 Å². The van der Waals surface area contributed by atoms with Gasteiger partial charge in [-0.1, -0.05) is 19.1 Å². The number of halogens is 1. The highest BCUT2D eigenvalue weighted by atomic mass is 79.9. The van der Waals surface area contributed by atoms with E-state index in [9.17, 15) is 0 Å². The molecule has 1 aromatic carbocycles. The van der Waals surface area contributed by atoms with Gasteiger partial charge in [-0.15, -0.1) is 23.1 Å². The van der Waals surface area contributed by atoms with E-state index in [0.29, 0.717) is 0 Å². The van der Waals surface area contributed by atoms with Gasteiger partial charge in [-0.2, -0.15) is 0 Å². The quantitative estimate of drug-likeness (QED) is 0.533. The van der Waals surface area contributed by atoms with Crippen LogP contribution in [0.1, 0.15) is 23.8 Å². The van der Waals surface area contributed by atoms with Crippen molar-refractivity contribution in [1.29, 1.82) is 0 Å². The second-order valence-electron chi connectivity index (χ2n) is 4.30. The van der Waals surface area contributed by atoms with E-state index in [-0.39, 0.29) is 0 Å². The van der Waals surface area contributed by atoms with Crippen molar-refractivity contribution in [3.8, 4) is 0 Å². The van der Waals surface area contributed by atoms with E-state index in [1.165, 1.54) is 26.2 Å². The van der Waals surface area contributed by atoms with Gasteiger partial charge in [0.1, 0.15) is 0 Å². The summed E-state index contributed by atoms with van der Waals surface area (Å²) < 4.78 is 1.23. The molecule has 0 aliphatic carbocycles. The molecular weight excluding hydrogens is 338 g/mol. The molecule has 4 heteroatoms. The highest BCUT2D eigenvalue weighted by molar-refractivity contribution is 9.10. The first-order chi connectivity index (χ1) is 9.29. The largest absolute Gasteiger partial charge is 0.313 e. The first-order valence-electron chi connectivity index (χ1n) is 6.44. The summed E-state index contributed by atoms with van der Waals surface area (Å²) in [4.78, 5) is 2.75. The first-order valence-corrected chi connectivity index (χ1v) is 9.09. The Morgan fingerprint density at radius 1 is 1.32 bits per heavy atom. The molecule has 0 aliphatic rings. The van der Waals surface area contributed by atoms with Crippen molar-refractivity contribution < 1.29 is 0 Å². The average Bonchev–Trinajstić information content (AvgIpc) is 2.83. The molecule has 102 valence electrons. The van der Waals surface area contributed by atoms with Gasteiger partial charge in [0.15, 0.2) is 0 Å². The number of thiophene rings is 1. The number of benzene rings is 1. The third-order valence-electron chi connectivity index (χ3n) is 2.72. The summed E-state index contributed by atoms with van der Waals surface area (Å²) in [6, 6.07) is 10.9. The predicted molar refractivity (Wildman–Crippen MR) is 90.0 cm³/mol. The molecule has 0 unspecified atom stereocenters. The van der Waals surface area contributed by atoms with Crippen LogP contribution < -0.4 is 5.32 Å². The molecule has 2 rings (SSSR count). The monoisotopic (exact) mass is 355 g/mol. The zero-order chi connectivity index (χ0) is 13.5. The Balaban J connectivity index is 1.90. The summed E-state index contributed by atoms with van der Waals surface area (Å²) in [7, 11) is 0. The predicted octanol–water partition coefficient (Wildman–Crippen LogP) is 5.30. The third kappa shape index (κ3) is 4.95. The topological polar surface area (TPSA) is 12.0 Å². The maximum atomic E-state index is 3.58. The highest BCUT2D eigenvalue weighted by Gasteiger charge is 2.03. The fourth-order valence-corrected chi connectivity index (χ4v) is 4.51. The van der Waals surface area contributed by atoms with Crippen LogP contribution in [-0.4, -0.2) is 6.54 Å². The molecule has 1 nitrogen and oxygen atoms in total. The number of hydrogen-bond acceptors (Lipinski definition) is 3. The van der Waals surface area contributed by atoms with Crippen LogP contribution in [0.2, 0.25) is 0 Å². The molecule has 19 heavy (non-hydrogen) atoms. The highest BCUT2D eigenvalue weighted by Crippen LogP contribution is 2.30. The molecule has 0 aliphatic heterocycles. The lowest BCUT2D eigenvalue weighted by Gasteiger charge is -2.06. The number of rotatable bonds is 7. The SMILES string of the molecule is CCCNCc1cccc(SCc2sccc2Br)c1. The molecule has 1 aromatic heterocycles. The van der Waals surface area contributed by atoms with Gasteiger partial charge in [-0.05, 0) is 58.0 Å². The minimum atomic E-state index is 0.963. The third-order valence-corrected chi connectivity index (χ3v) is 5.84. The molecule has 0 radical (unpaired) electrons. The van der Waals surface area contributed by atoms with Crippen LogP contribution in [0.4, 0.5) is 0 Å². The second kappa shape index (κ2) is 8.10. The van der Waals surface area contributed by atoms with Crippen LogP contribution in [0, 0.1) is 0 Å². The van der Waals surface area contributed by atoms with Crippen molar-refractivity contribution in [1.82, 2.24) is 5.32 Å². The number of thioether (sulfide) groups is 1. The number of hydrogen-bond donors (Lipinski definition) is 1. The van der Waals surface area contributed by atoms with E-state index < -0.39 is 0 Å². The van der Waals surface area contributed by atoms with Gasteiger partial charge in [-0.25, -0.2) is 0 Å². The van der Waals surface area contributed by atoms with Crippen molar-refractivity contribution in [2.75, 3.05) is 6.54 Å². The molecule has 1 N–H and O–H groups in total. The van der Waals surface area contributed by atoms with E-state index >= 15 is 0 Å². The maximum absolute atomic E-state index is 3.58. The lowest BCUT2D eigenvalue weighted by Crippen LogP contribution is -2.13. The van der Waals surface area contributed by atoms with Gasteiger partial charge in [0.05, 0.1) is 0 Å². The van der Waals surface area contributed by atoms with Gasteiger partial charge >= 0.3 is 0 Å². The summed E-state index contributed by atoms with van der Waals surface area (Å²) in [5, 5.41) is 5.57. The van der Waals surface area contributed by atoms with Crippen LogP contribution in [0.15, 0.2) is 45.1 Å². The van der Waals surface area contributed by atoms with Gasteiger partial charge in [0.2, 0.25) is 0 Å². The van der Waals surface area contributed by atoms with E-state index in [1.807, 2.05) is 23.1 Å². The summed E-state index contributed by atoms with van der Waals surface area (Å²) in [5.41, 5.74) is 1.36. The fourth-order valence-electron chi connectivity index (χ4n) is 1.73. The lowest BCUT2D eigenvalue weighted by molar-refractivity contribution is 0.674. The summed E-state index contributed by atoms with van der Waals surface area (Å²) in [6.45, 7) is 4.24. The fraction of sp³-hybridized carbons (Fsp3) is 0.333. The molecule has 1 heterocycles. The van der Waals surface area contributed by atoms with Crippen LogP contribution in [-0.2, 0) is 12.3 Å². The Labute approximate surface area is 131 Å². The molecule has 0 bridgehead atoms. The Bertz CT molecular complexity index is 510. The zero-order valence-electron chi connectivity index (χ0n) is 11.0. The minimum absolute atomic E-state index is 0.963. The normalized spacial score (nSPS) is 10.8. The van der Waals surface area contributed by atoms with Crippen LogP contribution >= 0.6 is 39.0 Å². The molecular formula is C15H18BrNS2. The summed E-state index contributed by atoms with van der Waals surface area (Å²) >= 11 is 7.29. The van der Waals surface area contributed by atoms with E-state index in [0.717, 1.165) is 18.8 Å². The van der Waals surface area contributed by atoms with Crippen molar-refractivity contribution in [3.05, 3.63) is 50.6 Å². The summed E-state index contributed by atoms with van der Waals surface area (Å²) in [6.07, 6.45) is 1.18. The molecule has 0 saturated carbocycles. The Morgan fingerprint density at radius 3 is 2.95 bits per heavy atom. The Morgan fingerprint density at radius 2 is 2.21 bits per heavy atom. The van der Waals surface area contributed by atoms with Gasteiger partial charge in [0, 0.05) is 26.5 Å². The summed E-state index contributed by atoms with van der Waals surface area (Å²) in [5.74, 6) is 1.03. The van der Waals surface area contributed by atoms with Crippen molar-refractivity contribution in [2.24, 2.45) is 0 Å². The molecule has 0 saturated heterocycles. The number of nitrogens with one attached hydrogen (secondary N) is 1. The molecule has 0 spiro atoms. The van der Waals surface area contributed by atoms with Crippen molar-refractivity contribution in [3.63, 3.8) is 0 Å². The van der Waals surface area contributed by atoms with E-state index in [1.54, 1.807) is 0 Å². The Hall–Kier alpha value is -0.290. The van der Waals surface area contributed by atoms with Gasteiger partial charge in [0.25, 0.3) is 0 Å². The second-order valence-corrected chi connectivity index (χ2v) is 7.21. The maximum Gasteiger partial charge on any atom is 0.0337 e. The van der Waals surface area contributed by atoms with Crippen LogP contribution in [0.25, 0.3) is 0 Å². The van der Waals surface area contributed by atoms with Gasteiger partial charge in [-0.3, -0.25) is 0 Å². The van der Waals surface area contributed by atoms with E-state index in [4.69, 9.17) is 0 Å². The average molecular weight is 356 g/mol. The van der Waals surface area contributed by atoms with Crippen LogP contribution in [0.3, 0.4) is 0 Å². The first kappa shape index (κ1) is 15.1. The van der Waals surface area contributed by atoms with E-state index in [2.05, 4.69) is 63.9 Å². The minimum Gasteiger partial charge on any atom is -0.313 e. The van der Waals surface area contributed by atoms with Crippen molar-refractivity contribution in [2.45, 2.75) is 30.5 Å². The zero-order valence-corrected chi connectivity index (χ0v) is 14.2. The molecule has 0 fully saturated rings.